The second-order valence-corrected chi connectivity index (χ2v) is 5.04. The number of nitrogens with one attached hydrogen (secondary N) is 1. The molecule has 0 aromatic rings. The lowest BCUT2D eigenvalue weighted by Gasteiger charge is -2.33. The Hall–Kier alpha value is -0.960. The number of nitrogens with zero attached hydrogens (tertiary/aromatic N) is 1. The highest BCUT2D eigenvalue weighted by Gasteiger charge is 2.47. The van der Waals surface area contributed by atoms with Gasteiger partial charge in [-0.3, -0.25) is 0 Å². The predicted molar refractivity (Wildman–Crippen MR) is 63.8 cm³/mol. The number of rotatable bonds is 2. The van der Waals surface area contributed by atoms with Crippen LogP contribution in [0.3, 0.4) is 0 Å². The van der Waals surface area contributed by atoms with Crippen LogP contribution in [0.4, 0.5) is 0 Å². The monoisotopic (exact) mass is 220 g/mol. The van der Waals surface area contributed by atoms with Crippen LogP contribution in [-0.2, 0) is 4.74 Å². The Morgan fingerprint density at radius 2 is 1.94 bits per heavy atom. The van der Waals surface area contributed by atoms with Crippen LogP contribution in [0.5, 0.6) is 0 Å². The number of ether oxygens (including phenoxy) is 1. The summed E-state index contributed by atoms with van der Waals surface area (Å²) in [6.07, 6.45) is 4.76. The maximum atomic E-state index is 5.53. The highest BCUT2D eigenvalue weighted by molar-refractivity contribution is 5.36. The van der Waals surface area contributed by atoms with Gasteiger partial charge in [0.25, 0.3) is 0 Å². The van der Waals surface area contributed by atoms with Crippen molar-refractivity contribution in [1.82, 2.24) is 10.2 Å². The molecule has 3 aliphatic rings. The second-order valence-electron chi connectivity index (χ2n) is 5.04. The van der Waals surface area contributed by atoms with Gasteiger partial charge in [0.1, 0.15) is 5.76 Å². The van der Waals surface area contributed by atoms with Crippen LogP contribution in [0.15, 0.2) is 23.6 Å². The molecule has 88 valence electrons. The van der Waals surface area contributed by atoms with E-state index in [1.165, 1.54) is 5.70 Å². The quantitative estimate of drug-likeness (QED) is 0.757. The van der Waals surface area contributed by atoms with E-state index in [0.717, 1.165) is 49.7 Å². The maximum absolute atomic E-state index is 5.53. The third-order valence-electron chi connectivity index (χ3n) is 4.14. The fourth-order valence-electron chi connectivity index (χ4n) is 2.92. The Balaban J connectivity index is 1.81. The molecular weight excluding hydrogens is 200 g/mol. The number of fused-ring (bicyclic) bond motifs is 1. The minimum atomic E-state index is 0.738. The summed E-state index contributed by atoms with van der Waals surface area (Å²) in [7, 11) is 1.79. The minimum absolute atomic E-state index is 0.738. The van der Waals surface area contributed by atoms with E-state index in [-0.39, 0.29) is 0 Å². The first-order valence-electron chi connectivity index (χ1n) is 6.25. The number of hydrogen-bond donors (Lipinski definition) is 1. The van der Waals surface area contributed by atoms with Crippen LogP contribution in [0.25, 0.3) is 0 Å². The fraction of sp³-hybridized carbons (Fsp3) is 0.692. The van der Waals surface area contributed by atoms with Gasteiger partial charge in [0.2, 0.25) is 0 Å². The Kier molecular flexibility index (Phi) is 2.43. The van der Waals surface area contributed by atoms with Crippen molar-refractivity contribution in [3.63, 3.8) is 0 Å². The molecule has 0 amide bonds. The molecule has 3 heteroatoms. The summed E-state index contributed by atoms with van der Waals surface area (Å²) in [5.74, 6) is 3.41. The average molecular weight is 220 g/mol. The van der Waals surface area contributed by atoms with Crippen LogP contribution >= 0.6 is 0 Å². The van der Waals surface area contributed by atoms with Crippen molar-refractivity contribution in [3.05, 3.63) is 23.6 Å². The van der Waals surface area contributed by atoms with Crippen molar-refractivity contribution in [1.29, 1.82) is 0 Å². The molecule has 0 radical (unpaired) electrons. The molecule has 3 atom stereocenters. The Morgan fingerprint density at radius 1 is 1.25 bits per heavy atom. The summed E-state index contributed by atoms with van der Waals surface area (Å²) in [5.41, 5.74) is 1.33. The molecule has 3 nitrogen and oxygen atoms in total. The van der Waals surface area contributed by atoms with E-state index >= 15 is 0 Å². The topological polar surface area (TPSA) is 24.5 Å². The van der Waals surface area contributed by atoms with E-state index in [2.05, 4.69) is 29.3 Å². The first-order chi connectivity index (χ1) is 7.81. The van der Waals surface area contributed by atoms with Gasteiger partial charge in [-0.1, -0.05) is 13.0 Å². The Morgan fingerprint density at radius 3 is 2.62 bits per heavy atom. The summed E-state index contributed by atoms with van der Waals surface area (Å²) in [4.78, 5) is 2.45. The van der Waals surface area contributed by atoms with Crippen molar-refractivity contribution in [2.75, 3.05) is 33.3 Å². The molecule has 1 saturated carbocycles. The van der Waals surface area contributed by atoms with Crippen LogP contribution in [0.2, 0.25) is 0 Å². The summed E-state index contributed by atoms with van der Waals surface area (Å²) >= 11 is 0. The van der Waals surface area contributed by atoms with Crippen molar-refractivity contribution in [3.8, 4) is 0 Å². The molecular formula is C13H20N2O. The van der Waals surface area contributed by atoms with Crippen molar-refractivity contribution >= 4 is 0 Å². The third kappa shape index (κ3) is 1.54. The average Bonchev–Trinajstić information content (AvgIpc) is 2.99. The zero-order valence-electron chi connectivity index (χ0n) is 10.1. The molecule has 1 saturated heterocycles. The van der Waals surface area contributed by atoms with Crippen molar-refractivity contribution in [2.45, 2.75) is 6.92 Å². The van der Waals surface area contributed by atoms with Crippen LogP contribution in [0, 0.1) is 17.8 Å². The second kappa shape index (κ2) is 3.81. The maximum Gasteiger partial charge on any atom is 0.138 e. The minimum Gasteiger partial charge on any atom is -0.495 e. The van der Waals surface area contributed by atoms with Gasteiger partial charge in [-0.2, -0.15) is 0 Å². The number of piperazine rings is 1. The van der Waals surface area contributed by atoms with Gasteiger partial charge in [-0.25, -0.2) is 0 Å². The van der Waals surface area contributed by atoms with E-state index in [1.54, 1.807) is 7.11 Å². The molecule has 1 aliphatic heterocycles. The largest absolute Gasteiger partial charge is 0.495 e. The van der Waals surface area contributed by atoms with Gasteiger partial charge in [0, 0.05) is 26.2 Å². The summed E-state index contributed by atoms with van der Waals surface area (Å²) < 4.78 is 5.53. The van der Waals surface area contributed by atoms with E-state index in [9.17, 15) is 0 Å². The number of methoxy groups -OCH3 is 1. The standard InChI is InChI=1S/C13H20N2O/c1-9-10-7-12(13(16-2)8-11(9)10)15-5-3-14-4-6-15/h7-11,14H,3-6H2,1-2H3/t9?,10?,11-/m0/s1. The van der Waals surface area contributed by atoms with E-state index in [0.29, 0.717) is 0 Å². The molecule has 0 aromatic carbocycles. The lowest BCUT2D eigenvalue weighted by molar-refractivity contribution is 0.236. The van der Waals surface area contributed by atoms with Gasteiger partial charge in [-0.15, -0.1) is 0 Å². The molecule has 0 bridgehead atoms. The lowest BCUT2D eigenvalue weighted by Crippen LogP contribution is -2.43. The van der Waals surface area contributed by atoms with Crippen LogP contribution < -0.4 is 5.32 Å². The molecule has 2 fully saturated rings. The molecule has 16 heavy (non-hydrogen) atoms. The fourth-order valence-corrected chi connectivity index (χ4v) is 2.92. The van der Waals surface area contributed by atoms with Crippen molar-refractivity contribution < 1.29 is 4.74 Å². The highest BCUT2D eigenvalue weighted by atomic mass is 16.5. The van der Waals surface area contributed by atoms with Crippen LogP contribution in [-0.4, -0.2) is 38.2 Å². The van der Waals surface area contributed by atoms with E-state index in [1.807, 2.05) is 0 Å². The summed E-state index contributed by atoms with van der Waals surface area (Å²) in [6, 6.07) is 0. The normalized spacial score (nSPS) is 37.4. The molecule has 0 spiro atoms. The lowest BCUT2D eigenvalue weighted by atomic mass is 10.1. The third-order valence-corrected chi connectivity index (χ3v) is 4.14. The number of allylic oxidation sites excluding steroid dienone is 2. The van der Waals surface area contributed by atoms with Gasteiger partial charge >= 0.3 is 0 Å². The highest BCUT2D eigenvalue weighted by Crippen LogP contribution is 2.52. The van der Waals surface area contributed by atoms with Gasteiger partial charge in [-0.05, 0) is 23.8 Å². The van der Waals surface area contributed by atoms with E-state index in [4.69, 9.17) is 4.74 Å². The van der Waals surface area contributed by atoms with Gasteiger partial charge in [0.15, 0.2) is 0 Å². The van der Waals surface area contributed by atoms with Gasteiger partial charge in [0.05, 0.1) is 12.8 Å². The first-order valence-corrected chi connectivity index (χ1v) is 6.25. The molecule has 2 aliphatic carbocycles. The molecule has 1 heterocycles. The smallest absolute Gasteiger partial charge is 0.138 e. The summed E-state index contributed by atoms with van der Waals surface area (Å²) in [6.45, 7) is 6.68. The van der Waals surface area contributed by atoms with Gasteiger partial charge < -0.3 is 15.0 Å². The Labute approximate surface area is 97.1 Å². The SMILES string of the molecule is COC1=C[C@H]2C(C)C2C=C1N1CCNCC1. The molecule has 0 aromatic heterocycles. The molecule has 2 unspecified atom stereocenters. The van der Waals surface area contributed by atoms with Crippen molar-refractivity contribution in [2.24, 2.45) is 17.8 Å². The van der Waals surface area contributed by atoms with Crippen LogP contribution in [0.1, 0.15) is 6.92 Å². The zero-order valence-corrected chi connectivity index (χ0v) is 10.1. The first kappa shape index (κ1) is 10.2. The predicted octanol–water partition coefficient (Wildman–Crippen LogP) is 1.20. The van der Waals surface area contributed by atoms with E-state index < -0.39 is 0 Å². The zero-order chi connectivity index (χ0) is 11.1. The number of hydrogen-bond acceptors (Lipinski definition) is 3. The Bertz CT molecular complexity index is 342. The summed E-state index contributed by atoms with van der Waals surface area (Å²) in [5, 5.41) is 3.39. The molecule has 3 rings (SSSR count). The molecule has 1 N–H and O–H groups in total.